The standard InChI is InChI=1S/C17H18FNO4S2/c18-14-6-8-15(9-7-14)25(22,23)19-10-11-24-16(17(20)21)12-13-4-2-1-3-5-13/h1-9,16,19H,10-12H2,(H,20,21). The molecule has 2 aromatic rings. The first-order chi connectivity index (χ1) is 11.9. The predicted octanol–water partition coefficient (Wildman–Crippen LogP) is 2.53. The molecule has 0 radical (unpaired) electrons. The summed E-state index contributed by atoms with van der Waals surface area (Å²) in [5, 5.41) is 8.65. The molecule has 0 aliphatic heterocycles. The van der Waals surface area contributed by atoms with Gasteiger partial charge in [0, 0.05) is 12.3 Å². The number of thioether (sulfide) groups is 1. The second kappa shape index (κ2) is 8.98. The number of carbonyl (C=O) groups is 1. The summed E-state index contributed by atoms with van der Waals surface area (Å²) in [6, 6.07) is 13.8. The minimum Gasteiger partial charge on any atom is -0.480 e. The monoisotopic (exact) mass is 383 g/mol. The molecule has 0 aliphatic carbocycles. The maximum atomic E-state index is 12.9. The number of halogens is 1. The van der Waals surface area contributed by atoms with Crippen LogP contribution in [0.2, 0.25) is 0 Å². The summed E-state index contributed by atoms with van der Waals surface area (Å²) in [7, 11) is -3.73. The second-order valence-electron chi connectivity index (χ2n) is 5.24. The van der Waals surface area contributed by atoms with Crippen molar-refractivity contribution in [1.29, 1.82) is 0 Å². The molecule has 0 bridgehead atoms. The van der Waals surface area contributed by atoms with Crippen LogP contribution in [0.1, 0.15) is 5.56 Å². The summed E-state index contributed by atoms with van der Waals surface area (Å²) in [5.74, 6) is -1.14. The average molecular weight is 383 g/mol. The number of rotatable bonds is 9. The minimum absolute atomic E-state index is 0.0297. The molecule has 8 heteroatoms. The van der Waals surface area contributed by atoms with Gasteiger partial charge in [0.25, 0.3) is 0 Å². The lowest BCUT2D eigenvalue weighted by Gasteiger charge is -2.12. The van der Waals surface area contributed by atoms with E-state index in [2.05, 4.69) is 4.72 Å². The molecule has 2 aromatic carbocycles. The molecule has 2 rings (SSSR count). The van der Waals surface area contributed by atoms with E-state index >= 15 is 0 Å². The van der Waals surface area contributed by atoms with Crippen molar-refractivity contribution in [3.05, 3.63) is 66.0 Å². The molecule has 0 heterocycles. The van der Waals surface area contributed by atoms with Gasteiger partial charge < -0.3 is 5.11 Å². The van der Waals surface area contributed by atoms with Gasteiger partial charge in [0.15, 0.2) is 0 Å². The number of benzene rings is 2. The van der Waals surface area contributed by atoms with E-state index in [0.29, 0.717) is 12.2 Å². The first kappa shape index (κ1) is 19.4. The van der Waals surface area contributed by atoms with E-state index in [9.17, 15) is 22.7 Å². The van der Waals surface area contributed by atoms with Crippen LogP contribution in [-0.2, 0) is 21.2 Å². The molecule has 0 fully saturated rings. The molecule has 0 amide bonds. The Labute approximate surface area is 150 Å². The number of carboxylic acids is 1. The van der Waals surface area contributed by atoms with Gasteiger partial charge in [-0.3, -0.25) is 4.79 Å². The third-order valence-electron chi connectivity index (χ3n) is 3.38. The summed E-state index contributed by atoms with van der Waals surface area (Å²) in [6.45, 7) is 0.0863. The Morgan fingerprint density at radius 1 is 1.12 bits per heavy atom. The summed E-state index contributed by atoms with van der Waals surface area (Å²) in [6.07, 6.45) is 0.367. The fourth-order valence-corrected chi connectivity index (χ4v) is 4.24. The van der Waals surface area contributed by atoms with Gasteiger partial charge in [0.2, 0.25) is 10.0 Å². The lowest BCUT2D eigenvalue weighted by molar-refractivity contribution is -0.136. The number of carboxylic acid groups (broad SMARTS) is 1. The normalized spacial score (nSPS) is 12.7. The molecule has 0 saturated heterocycles. The fourth-order valence-electron chi connectivity index (χ4n) is 2.12. The third kappa shape index (κ3) is 6.15. The smallest absolute Gasteiger partial charge is 0.316 e. The molecule has 134 valence electrons. The Morgan fingerprint density at radius 2 is 1.76 bits per heavy atom. The lowest BCUT2D eigenvalue weighted by Crippen LogP contribution is -2.28. The van der Waals surface area contributed by atoms with Crippen LogP contribution in [0, 0.1) is 5.82 Å². The zero-order valence-corrected chi connectivity index (χ0v) is 14.9. The largest absolute Gasteiger partial charge is 0.480 e. The zero-order valence-electron chi connectivity index (χ0n) is 13.3. The molecule has 2 N–H and O–H groups in total. The Balaban J connectivity index is 1.85. The molecule has 0 spiro atoms. The molecule has 1 atom stereocenters. The number of sulfonamides is 1. The Morgan fingerprint density at radius 3 is 2.36 bits per heavy atom. The zero-order chi connectivity index (χ0) is 18.3. The van der Waals surface area contributed by atoms with Gasteiger partial charge in [-0.05, 0) is 36.2 Å². The van der Waals surface area contributed by atoms with E-state index in [1.165, 1.54) is 23.9 Å². The number of hydrogen-bond acceptors (Lipinski definition) is 4. The fraction of sp³-hybridized carbons (Fsp3) is 0.235. The van der Waals surface area contributed by atoms with Crippen LogP contribution in [0.25, 0.3) is 0 Å². The predicted molar refractivity (Wildman–Crippen MR) is 95.6 cm³/mol. The van der Waals surface area contributed by atoms with Crippen LogP contribution in [0.15, 0.2) is 59.5 Å². The molecule has 1 unspecified atom stereocenters. The third-order valence-corrected chi connectivity index (χ3v) is 6.06. The molecular formula is C17H18FNO4S2. The van der Waals surface area contributed by atoms with Gasteiger partial charge in [-0.15, -0.1) is 11.8 Å². The number of hydrogen-bond donors (Lipinski definition) is 2. The van der Waals surface area contributed by atoms with Crippen LogP contribution < -0.4 is 4.72 Å². The average Bonchev–Trinajstić information content (AvgIpc) is 2.58. The second-order valence-corrected chi connectivity index (χ2v) is 8.32. The first-order valence-corrected chi connectivity index (χ1v) is 10.1. The van der Waals surface area contributed by atoms with Gasteiger partial charge >= 0.3 is 5.97 Å². The summed E-state index contributed by atoms with van der Waals surface area (Å²) in [4.78, 5) is 11.3. The Hall–Kier alpha value is -1.90. The van der Waals surface area contributed by atoms with E-state index < -0.39 is 27.1 Å². The van der Waals surface area contributed by atoms with Crippen LogP contribution in [-0.4, -0.2) is 37.0 Å². The molecule has 0 aliphatic rings. The molecule has 5 nitrogen and oxygen atoms in total. The SMILES string of the molecule is O=C(O)C(Cc1ccccc1)SCCNS(=O)(=O)c1ccc(F)cc1. The van der Waals surface area contributed by atoms with Gasteiger partial charge in [-0.1, -0.05) is 30.3 Å². The summed E-state index contributed by atoms with van der Waals surface area (Å²) >= 11 is 1.18. The molecule has 0 saturated carbocycles. The molecule has 25 heavy (non-hydrogen) atoms. The van der Waals surface area contributed by atoms with E-state index in [-0.39, 0.29) is 11.4 Å². The van der Waals surface area contributed by atoms with Crippen molar-refractivity contribution in [2.45, 2.75) is 16.6 Å². The van der Waals surface area contributed by atoms with Crippen molar-refractivity contribution < 1.29 is 22.7 Å². The van der Waals surface area contributed by atoms with Gasteiger partial charge in [-0.25, -0.2) is 17.5 Å². The first-order valence-electron chi connectivity index (χ1n) is 7.52. The topological polar surface area (TPSA) is 83.5 Å². The van der Waals surface area contributed by atoms with E-state index in [1.807, 2.05) is 30.3 Å². The lowest BCUT2D eigenvalue weighted by atomic mass is 10.1. The van der Waals surface area contributed by atoms with Crippen molar-refractivity contribution in [2.24, 2.45) is 0 Å². The van der Waals surface area contributed by atoms with Crippen LogP contribution >= 0.6 is 11.8 Å². The highest BCUT2D eigenvalue weighted by Crippen LogP contribution is 2.17. The number of nitrogens with one attached hydrogen (secondary N) is 1. The van der Waals surface area contributed by atoms with Crippen LogP contribution in [0.5, 0.6) is 0 Å². The highest BCUT2D eigenvalue weighted by atomic mass is 32.2. The van der Waals surface area contributed by atoms with Crippen molar-refractivity contribution in [1.82, 2.24) is 4.72 Å². The maximum absolute atomic E-state index is 12.9. The summed E-state index contributed by atoms with van der Waals surface area (Å²) in [5.41, 5.74) is 0.911. The Kier molecular flexibility index (Phi) is 6.98. The van der Waals surface area contributed by atoms with Crippen molar-refractivity contribution in [2.75, 3.05) is 12.3 Å². The van der Waals surface area contributed by atoms with Gasteiger partial charge in [0.1, 0.15) is 11.1 Å². The number of aliphatic carboxylic acids is 1. The van der Waals surface area contributed by atoms with Crippen molar-refractivity contribution in [3.63, 3.8) is 0 Å². The van der Waals surface area contributed by atoms with Crippen LogP contribution in [0.4, 0.5) is 4.39 Å². The minimum atomic E-state index is -3.73. The highest BCUT2D eigenvalue weighted by molar-refractivity contribution is 8.00. The van der Waals surface area contributed by atoms with E-state index in [0.717, 1.165) is 17.7 Å². The molecular weight excluding hydrogens is 365 g/mol. The van der Waals surface area contributed by atoms with Gasteiger partial charge in [0.05, 0.1) is 4.90 Å². The maximum Gasteiger partial charge on any atom is 0.316 e. The van der Waals surface area contributed by atoms with Crippen molar-refractivity contribution in [3.8, 4) is 0 Å². The van der Waals surface area contributed by atoms with Gasteiger partial charge in [-0.2, -0.15) is 0 Å². The van der Waals surface area contributed by atoms with E-state index in [4.69, 9.17) is 0 Å². The van der Waals surface area contributed by atoms with Crippen LogP contribution in [0.3, 0.4) is 0 Å². The van der Waals surface area contributed by atoms with Crippen molar-refractivity contribution >= 4 is 27.8 Å². The quantitative estimate of drug-likeness (QED) is 0.650. The summed E-state index contributed by atoms with van der Waals surface area (Å²) < 4.78 is 39.3. The Bertz CT molecular complexity index is 795. The molecule has 0 aromatic heterocycles. The van der Waals surface area contributed by atoms with E-state index in [1.54, 1.807) is 0 Å². The highest BCUT2D eigenvalue weighted by Gasteiger charge is 2.19.